The van der Waals surface area contributed by atoms with Crippen LogP contribution in [-0.4, -0.2) is 30.7 Å². The minimum Gasteiger partial charge on any atom is -0.504 e. The number of aryl methyl sites for hydroxylation is 2. The van der Waals surface area contributed by atoms with E-state index >= 15 is 0 Å². The summed E-state index contributed by atoms with van der Waals surface area (Å²) in [5.74, 6) is -0.594. The summed E-state index contributed by atoms with van der Waals surface area (Å²) < 4.78 is 10.4. The molecule has 0 spiro atoms. The number of amides is 1. The number of phenolic OH excluding ortho intramolecular Hbond substituents is 1. The van der Waals surface area contributed by atoms with E-state index in [-0.39, 0.29) is 35.2 Å². The first-order chi connectivity index (χ1) is 14.3. The molecule has 1 heterocycles. The Labute approximate surface area is 176 Å². The van der Waals surface area contributed by atoms with E-state index in [1.165, 1.54) is 18.1 Å². The fourth-order valence-corrected chi connectivity index (χ4v) is 3.41. The van der Waals surface area contributed by atoms with E-state index < -0.39 is 5.97 Å². The molecule has 0 unspecified atom stereocenters. The fourth-order valence-electron chi connectivity index (χ4n) is 3.41. The van der Waals surface area contributed by atoms with Crippen LogP contribution in [0.15, 0.2) is 53.2 Å². The Morgan fingerprint density at radius 2 is 1.83 bits per heavy atom. The second-order valence-electron chi connectivity index (χ2n) is 7.08. The van der Waals surface area contributed by atoms with Crippen LogP contribution in [0.4, 0.5) is 5.69 Å². The lowest BCUT2D eigenvalue weighted by atomic mass is 10.0. The summed E-state index contributed by atoms with van der Waals surface area (Å²) in [4.78, 5) is 27.6. The molecule has 0 atom stereocenters. The quantitative estimate of drug-likeness (QED) is 0.591. The topological polar surface area (TPSA) is 76.1 Å². The number of phenols is 1. The van der Waals surface area contributed by atoms with Crippen LogP contribution < -0.4 is 9.64 Å². The number of rotatable bonds is 5. The first kappa shape index (κ1) is 21.2. The standard InChI is InChI=1S/C24H25NO5/c1-6-30-24(28)22-16(4)25(18-9-7-14(2)15(3)11-18)23(27)19(22)12-17-8-10-20(26)21(13-17)29-5/h7-13,26H,6H2,1-5H3/b19-12+. The summed E-state index contributed by atoms with van der Waals surface area (Å²) in [6.07, 6.45) is 1.61. The average molecular weight is 407 g/mol. The molecule has 2 aromatic carbocycles. The molecule has 3 rings (SSSR count). The van der Waals surface area contributed by atoms with Crippen molar-refractivity contribution in [2.24, 2.45) is 0 Å². The predicted octanol–water partition coefficient (Wildman–Crippen LogP) is 4.28. The van der Waals surface area contributed by atoms with Crippen LogP contribution in [0.3, 0.4) is 0 Å². The van der Waals surface area contributed by atoms with Crippen molar-refractivity contribution in [2.75, 3.05) is 18.6 Å². The number of nitrogens with zero attached hydrogens (tertiary/aromatic N) is 1. The Morgan fingerprint density at radius 3 is 2.47 bits per heavy atom. The molecule has 1 aliphatic rings. The third kappa shape index (κ3) is 3.81. The molecule has 0 fully saturated rings. The van der Waals surface area contributed by atoms with Gasteiger partial charge in [-0.15, -0.1) is 0 Å². The minimum absolute atomic E-state index is 0.00788. The van der Waals surface area contributed by atoms with Gasteiger partial charge in [-0.1, -0.05) is 12.1 Å². The van der Waals surface area contributed by atoms with Gasteiger partial charge >= 0.3 is 5.97 Å². The van der Waals surface area contributed by atoms with Crippen molar-refractivity contribution in [1.29, 1.82) is 0 Å². The molecule has 0 radical (unpaired) electrons. The van der Waals surface area contributed by atoms with Gasteiger partial charge in [-0.05, 0) is 74.7 Å². The monoisotopic (exact) mass is 407 g/mol. The number of benzene rings is 2. The highest BCUT2D eigenvalue weighted by molar-refractivity contribution is 6.23. The molecule has 6 heteroatoms. The SMILES string of the molecule is CCOC(=O)C1=C(C)N(c2ccc(C)c(C)c2)C(=O)/C1=C/c1ccc(O)c(OC)c1. The van der Waals surface area contributed by atoms with Crippen LogP contribution in [0.25, 0.3) is 6.08 Å². The summed E-state index contributed by atoms with van der Waals surface area (Å²) in [7, 11) is 1.45. The highest BCUT2D eigenvalue weighted by atomic mass is 16.5. The number of allylic oxidation sites excluding steroid dienone is 1. The number of hydrogen-bond acceptors (Lipinski definition) is 5. The Kier molecular flexibility index (Phi) is 5.96. The van der Waals surface area contributed by atoms with E-state index in [4.69, 9.17) is 9.47 Å². The lowest BCUT2D eigenvalue weighted by molar-refractivity contribution is -0.138. The molecule has 30 heavy (non-hydrogen) atoms. The van der Waals surface area contributed by atoms with Gasteiger partial charge in [0, 0.05) is 11.4 Å². The number of ether oxygens (including phenoxy) is 2. The van der Waals surface area contributed by atoms with Gasteiger partial charge in [0.15, 0.2) is 11.5 Å². The fraction of sp³-hybridized carbons (Fsp3) is 0.250. The van der Waals surface area contributed by atoms with Crippen LogP contribution in [0, 0.1) is 13.8 Å². The third-order valence-electron chi connectivity index (χ3n) is 5.14. The van der Waals surface area contributed by atoms with Crippen molar-refractivity contribution >= 4 is 23.6 Å². The highest BCUT2D eigenvalue weighted by Gasteiger charge is 2.38. The molecule has 1 aliphatic heterocycles. The molecular formula is C24H25NO5. The lowest BCUT2D eigenvalue weighted by Gasteiger charge is -2.19. The zero-order valence-electron chi connectivity index (χ0n) is 17.8. The lowest BCUT2D eigenvalue weighted by Crippen LogP contribution is -2.24. The van der Waals surface area contributed by atoms with E-state index in [0.29, 0.717) is 16.9 Å². The summed E-state index contributed by atoms with van der Waals surface area (Å²) in [5, 5.41) is 9.83. The smallest absolute Gasteiger partial charge is 0.340 e. The Hall–Kier alpha value is -3.54. The van der Waals surface area contributed by atoms with Gasteiger partial charge in [0.05, 0.1) is 24.9 Å². The summed E-state index contributed by atoms with van der Waals surface area (Å²) >= 11 is 0. The second kappa shape index (κ2) is 8.45. The van der Waals surface area contributed by atoms with Gasteiger partial charge in [0.25, 0.3) is 5.91 Å². The molecule has 2 aromatic rings. The van der Waals surface area contributed by atoms with Crippen molar-refractivity contribution in [3.8, 4) is 11.5 Å². The zero-order chi connectivity index (χ0) is 22.0. The Balaban J connectivity index is 2.15. The van der Waals surface area contributed by atoms with Gasteiger partial charge in [0.2, 0.25) is 0 Å². The molecule has 0 aromatic heterocycles. The largest absolute Gasteiger partial charge is 0.504 e. The van der Waals surface area contributed by atoms with E-state index in [9.17, 15) is 14.7 Å². The van der Waals surface area contributed by atoms with E-state index in [1.807, 2.05) is 32.0 Å². The van der Waals surface area contributed by atoms with Crippen LogP contribution >= 0.6 is 0 Å². The second-order valence-corrected chi connectivity index (χ2v) is 7.08. The number of aromatic hydroxyl groups is 1. The van der Waals surface area contributed by atoms with Crippen molar-refractivity contribution in [1.82, 2.24) is 0 Å². The molecule has 0 aliphatic carbocycles. The number of hydrogen-bond donors (Lipinski definition) is 1. The maximum absolute atomic E-state index is 13.4. The number of anilines is 1. The molecular weight excluding hydrogens is 382 g/mol. The van der Waals surface area contributed by atoms with Gasteiger partial charge in [-0.3, -0.25) is 9.69 Å². The Bertz CT molecular complexity index is 1080. The average Bonchev–Trinajstić information content (AvgIpc) is 2.95. The predicted molar refractivity (Wildman–Crippen MR) is 115 cm³/mol. The number of carbonyl (C=O) groups is 2. The van der Waals surface area contributed by atoms with Crippen LogP contribution in [0.5, 0.6) is 11.5 Å². The molecule has 156 valence electrons. The molecule has 6 nitrogen and oxygen atoms in total. The molecule has 0 bridgehead atoms. The van der Waals surface area contributed by atoms with Crippen LogP contribution in [-0.2, 0) is 14.3 Å². The number of esters is 1. The van der Waals surface area contributed by atoms with Gasteiger partial charge in [0.1, 0.15) is 0 Å². The maximum Gasteiger partial charge on any atom is 0.340 e. The Morgan fingerprint density at radius 1 is 1.10 bits per heavy atom. The molecule has 1 amide bonds. The summed E-state index contributed by atoms with van der Waals surface area (Å²) in [6, 6.07) is 10.5. The number of carbonyl (C=O) groups excluding carboxylic acids is 2. The van der Waals surface area contributed by atoms with Crippen molar-refractivity contribution in [3.05, 3.63) is 69.9 Å². The minimum atomic E-state index is -0.549. The van der Waals surface area contributed by atoms with Gasteiger partial charge in [-0.2, -0.15) is 0 Å². The number of methoxy groups -OCH3 is 1. The van der Waals surface area contributed by atoms with Gasteiger partial charge < -0.3 is 14.6 Å². The first-order valence-corrected chi connectivity index (χ1v) is 9.67. The van der Waals surface area contributed by atoms with Crippen molar-refractivity contribution in [2.45, 2.75) is 27.7 Å². The van der Waals surface area contributed by atoms with Crippen molar-refractivity contribution in [3.63, 3.8) is 0 Å². The molecule has 0 saturated carbocycles. The normalized spacial score (nSPS) is 15.2. The van der Waals surface area contributed by atoms with Gasteiger partial charge in [-0.25, -0.2) is 4.79 Å². The zero-order valence-corrected chi connectivity index (χ0v) is 17.8. The molecule has 1 N–H and O–H groups in total. The maximum atomic E-state index is 13.4. The summed E-state index contributed by atoms with van der Waals surface area (Å²) in [6.45, 7) is 7.64. The summed E-state index contributed by atoms with van der Waals surface area (Å²) in [5.41, 5.74) is 4.44. The highest BCUT2D eigenvalue weighted by Crippen LogP contribution is 2.37. The van der Waals surface area contributed by atoms with Crippen LogP contribution in [0.2, 0.25) is 0 Å². The van der Waals surface area contributed by atoms with E-state index in [0.717, 1.165) is 11.1 Å². The van der Waals surface area contributed by atoms with Crippen molar-refractivity contribution < 1.29 is 24.2 Å². The van der Waals surface area contributed by atoms with E-state index in [1.54, 1.807) is 32.1 Å². The molecule has 0 saturated heterocycles. The third-order valence-corrected chi connectivity index (χ3v) is 5.14. The van der Waals surface area contributed by atoms with Crippen LogP contribution in [0.1, 0.15) is 30.5 Å². The van der Waals surface area contributed by atoms with E-state index in [2.05, 4.69) is 0 Å². The first-order valence-electron chi connectivity index (χ1n) is 9.67.